The molecule has 1 aliphatic rings. The van der Waals surface area contributed by atoms with Crippen molar-refractivity contribution in [3.8, 4) is 11.5 Å². The summed E-state index contributed by atoms with van der Waals surface area (Å²) in [6, 6.07) is 11.5. The van der Waals surface area contributed by atoms with Crippen LogP contribution in [0.2, 0.25) is 0 Å². The van der Waals surface area contributed by atoms with Gasteiger partial charge >= 0.3 is 0 Å². The van der Waals surface area contributed by atoms with Gasteiger partial charge in [0, 0.05) is 0 Å². The summed E-state index contributed by atoms with van der Waals surface area (Å²) in [4.78, 5) is 25.0. The minimum atomic E-state index is -0.867. The van der Waals surface area contributed by atoms with Crippen LogP contribution in [0.4, 0.5) is 0 Å². The number of carbonyl (C=O) groups is 2. The number of aliphatic hydroxyl groups excluding tert-OH is 2. The lowest BCUT2D eigenvalue weighted by molar-refractivity contribution is -0.116. The molecule has 0 bridgehead atoms. The van der Waals surface area contributed by atoms with Crippen LogP contribution in [0, 0.1) is 0 Å². The summed E-state index contributed by atoms with van der Waals surface area (Å²) in [6.45, 7) is 0. The average Bonchev–Trinajstić information content (AvgIpc) is 2.62. The number of benzene rings is 2. The van der Waals surface area contributed by atoms with E-state index in [1.165, 1.54) is 43.5 Å². The summed E-state index contributed by atoms with van der Waals surface area (Å²) >= 11 is 0. The van der Waals surface area contributed by atoms with E-state index < -0.39 is 23.1 Å². The van der Waals surface area contributed by atoms with Crippen molar-refractivity contribution in [2.75, 3.05) is 7.11 Å². The average molecular weight is 338 g/mol. The van der Waals surface area contributed by atoms with Crippen molar-refractivity contribution in [1.82, 2.24) is 0 Å². The van der Waals surface area contributed by atoms with Crippen molar-refractivity contribution in [3.05, 3.63) is 71.2 Å². The summed E-state index contributed by atoms with van der Waals surface area (Å²) < 4.78 is 5.03. The van der Waals surface area contributed by atoms with Gasteiger partial charge in [0.2, 0.25) is 11.6 Å². The van der Waals surface area contributed by atoms with Gasteiger partial charge in [-0.2, -0.15) is 0 Å². The highest BCUT2D eigenvalue weighted by Crippen LogP contribution is 2.34. The van der Waals surface area contributed by atoms with Crippen LogP contribution in [0.3, 0.4) is 0 Å². The minimum Gasteiger partial charge on any atom is -0.508 e. The van der Waals surface area contributed by atoms with Crippen molar-refractivity contribution in [2.24, 2.45) is 0 Å². The van der Waals surface area contributed by atoms with Crippen LogP contribution in [0.15, 0.2) is 60.0 Å². The topological polar surface area (TPSA) is 104 Å². The van der Waals surface area contributed by atoms with E-state index in [9.17, 15) is 24.9 Å². The van der Waals surface area contributed by atoms with E-state index in [0.29, 0.717) is 5.75 Å². The number of carbonyl (C=O) groups excluding carboxylic acids is 2. The summed E-state index contributed by atoms with van der Waals surface area (Å²) in [6.07, 6.45) is 0. The number of rotatable bonds is 3. The molecule has 126 valence electrons. The molecule has 3 rings (SSSR count). The van der Waals surface area contributed by atoms with Gasteiger partial charge in [0.15, 0.2) is 11.5 Å². The van der Waals surface area contributed by atoms with Crippen LogP contribution in [-0.2, 0) is 9.59 Å². The quantitative estimate of drug-likeness (QED) is 0.744. The molecule has 3 N–H and O–H groups in total. The predicted molar refractivity (Wildman–Crippen MR) is 90.2 cm³/mol. The molecule has 6 heteroatoms. The first kappa shape index (κ1) is 16.3. The van der Waals surface area contributed by atoms with Crippen LogP contribution in [0.25, 0.3) is 11.1 Å². The van der Waals surface area contributed by atoms with E-state index in [2.05, 4.69) is 0 Å². The summed E-state index contributed by atoms with van der Waals surface area (Å²) in [5.74, 6) is -2.70. The first-order chi connectivity index (χ1) is 11.9. The molecule has 0 aromatic heterocycles. The Balaban J connectivity index is 2.09. The third-order valence-corrected chi connectivity index (χ3v) is 3.89. The van der Waals surface area contributed by atoms with Gasteiger partial charge in [-0.15, -0.1) is 0 Å². The lowest BCUT2D eigenvalue weighted by Gasteiger charge is -2.18. The van der Waals surface area contributed by atoms with Crippen molar-refractivity contribution < 1.29 is 29.6 Å². The van der Waals surface area contributed by atoms with Gasteiger partial charge < -0.3 is 20.1 Å². The zero-order valence-electron chi connectivity index (χ0n) is 13.2. The third kappa shape index (κ3) is 2.74. The molecular weight excluding hydrogens is 324 g/mol. The molecule has 0 heterocycles. The Kier molecular flexibility index (Phi) is 4.02. The number of hydrogen-bond donors (Lipinski definition) is 3. The molecule has 2 aromatic carbocycles. The predicted octanol–water partition coefficient (Wildman–Crippen LogP) is 2.79. The second-order valence-electron chi connectivity index (χ2n) is 5.38. The number of phenolic OH excluding ortho intramolecular Hbond substituents is 1. The molecule has 0 amide bonds. The number of aliphatic hydroxyl groups is 2. The molecule has 0 saturated heterocycles. The standard InChI is InChI=1S/C19H14O6/c1-25-13-8-4-11(5-9-13)15-18(23)16(21)14(17(22)19(15)24)10-2-6-12(20)7-3-10/h2-9,20-21,24H,1H3. The van der Waals surface area contributed by atoms with Crippen LogP contribution >= 0.6 is 0 Å². The summed E-state index contributed by atoms with van der Waals surface area (Å²) in [5, 5.41) is 29.9. The highest BCUT2D eigenvalue weighted by atomic mass is 16.5. The number of hydrogen-bond acceptors (Lipinski definition) is 6. The SMILES string of the molecule is COc1ccc(C2=C(O)C(=O)C(c3ccc(O)cc3)=C(O)C2=O)cc1. The van der Waals surface area contributed by atoms with Gasteiger partial charge in [0.1, 0.15) is 11.5 Å². The number of ether oxygens (including phenoxy) is 1. The Labute approximate surface area is 142 Å². The van der Waals surface area contributed by atoms with Gasteiger partial charge in [0.25, 0.3) is 0 Å². The maximum Gasteiger partial charge on any atom is 0.232 e. The summed E-state index contributed by atoms with van der Waals surface area (Å²) in [7, 11) is 1.49. The largest absolute Gasteiger partial charge is 0.508 e. The maximum absolute atomic E-state index is 12.5. The molecule has 0 unspecified atom stereocenters. The fourth-order valence-electron chi connectivity index (χ4n) is 2.60. The van der Waals surface area contributed by atoms with E-state index in [1.54, 1.807) is 12.1 Å². The summed E-state index contributed by atoms with van der Waals surface area (Å²) in [5.41, 5.74) is -0.0746. The third-order valence-electron chi connectivity index (χ3n) is 3.89. The van der Waals surface area contributed by atoms with Crippen LogP contribution in [-0.4, -0.2) is 34.0 Å². The number of methoxy groups -OCH3 is 1. The smallest absolute Gasteiger partial charge is 0.232 e. The number of allylic oxidation sites excluding steroid dienone is 2. The van der Waals surface area contributed by atoms with Gasteiger partial charge in [-0.1, -0.05) is 24.3 Å². The molecule has 6 nitrogen and oxygen atoms in total. The van der Waals surface area contributed by atoms with Crippen LogP contribution in [0.5, 0.6) is 11.5 Å². The highest BCUT2D eigenvalue weighted by molar-refractivity contribution is 6.46. The molecule has 25 heavy (non-hydrogen) atoms. The van der Waals surface area contributed by atoms with Gasteiger partial charge in [-0.05, 0) is 35.4 Å². The fourth-order valence-corrected chi connectivity index (χ4v) is 2.60. The second-order valence-corrected chi connectivity index (χ2v) is 5.38. The van der Waals surface area contributed by atoms with E-state index in [0.717, 1.165) is 0 Å². The molecular formula is C19H14O6. The van der Waals surface area contributed by atoms with Crippen LogP contribution < -0.4 is 4.74 Å². The number of Topliss-reactive ketones (excluding diaryl/α,β-unsaturated/α-hetero) is 2. The van der Waals surface area contributed by atoms with Gasteiger partial charge in [-0.25, -0.2) is 0 Å². The molecule has 0 spiro atoms. The second kappa shape index (κ2) is 6.16. The zero-order valence-corrected chi connectivity index (χ0v) is 13.2. The Hall–Kier alpha value is -3.54. The number of ketones is 2. The first-order valence-corrected chi connectivity index (χ1v) is 7.33. The van der Waals surface area contributed by atoms with Crippen molar-refractivity contribution >= 4 is 22.7 Å². The lowest BCUT2D eigenvalue weighted by atomic mass is 9.86. The maximum atomic E-state index is 12.5. The Morgan fingerprint density at radius 1 is 0.680 bits per heavy atom. The Morgan fingerprint density at radius 3 is 1.48 bits per heavy atom. The molecule has 0 fully saturated rings. The van der Waals surface area contributed by atoms with Crippen LogP contribution in [0.1, 0.15) is 11.1 Å². The lowest BCUT2D eigenvalue weighted by Crippen LogP contribution is -2.22. The molecule has 0 radical (unpaired) electrons. The van der Waals surface area contributed by atoms with E-state index in [-0.39, 0.29) is 28.0 Å². The van der Waals surface area contributed by atoms with Crippen molar-refractivity contribution in [2.45, 2.75) is 0 Å². The molecule has 0 aliphatic heterocycles. The highest BCUT2D eigenvalue weighted by Gasteiger charge is 2.36. The van der Waals surface area contributed by atoms with Crippen molar-refractivity contribution in [3.63, 3.8) is 0 Å². The van der Waals surface area contributed by atoms with E-state index >= 15 is 0 Å². The minimum absolute atomic E-state index is 0.0305. The Bertz CT molecular complexity index is 917. The van der Waals surface area contributed by atoms with Gasteiger partial charge in [-0.3, -0.25) is 9.59 Å². The van der Waals surface area contributed by atoms with Crippen molar-refractivity contribution in [1.29, 1.82) is 0 Å². The van der Waals surface area contributed by atoms with E-state index in [4.69, 9.17) is 4.74 Å². The zero-order chi connectivity index (χ0) is 18.1. The van der Waals surface area contributed by atoms with E-state index in [1.807, 2.05) is 0 Å². The molecule has 0 atom stereocenters. The molecule has 2 aromatic rings. The molecule has 1 aliphatic carbocycles. The number of aromatic hydroxyl groups is 1. The van der Waals surface area contributed by atoms with Gasteiger partial charge in [0.05, 0.1) is 18.3 Å². The monoisotopic (exact) mass is 338 g/mol. The number of phenols is 1. The first-order valence-electron chi connectivity index (χ1n) is 7.33. The normalized spacial score (nSPS) is 14.9. The Morgan fingerprint density at radius 2 is 1.08 bits per heavy atom. The molecule has 0 saturated carbocycles. The fraction of sp³-hybridized carbons (Fsp3) is 0.0526.